The molecule has 2 fully saturated rings. The zero-order valence-corrected chi connectivity index (χ0v) is 17.2. The van der Waals surface area contributed by atoms with Crippen LogP contribution >= 0.6 is 0 Å². The number of hydrogen-bond donors (Lipinski definition) is 0. The van der Waals surface area contributed by atoms with Crippen molar-refractivity contribution in [3.8, 4) is 11.5 Å². The molecule has 2 aliphatic rings. The number of morpholine rings is 1. The fourth-order valence-corrected chi connectivity index (χ4v) is 3.97. The monoisotopic (exact) mass is 420 g/mol. The van der Waals surface area contributed by atoms with Crippen LogP contribution in [-0.4, -0.2) is 60.3 Å². The number of rotatable bonds is 4. The summed E-state index contributed by atoms with van der Waals surface area (Å²) in [7, 11) is 0. The summed E-state index contributed by atoms with van der Waals surface area (Å²) in [6, 6.07) is 2.63. The molecule has 1 aromatic heterocycles. The van der Waals surface area contributed by atoms with Crippen LogP contribution in [0.3, 0.4) is 0 Å². The van der Waals surface area contributed by atoms with E-state index in [2.05, 4.69) is 10.1 Å². The van der Waals surface area contributed by atoms with Gasteiger partial charge in [-0.05, 0) is 25.0 Å². The molecule has 0 N–H and O–H groups in total. The van der Waals surface area contributed by atoms with Gasteiger partial charge in [0.2, 0.25) is 5.91 Å². The number of halogens is 2. The van der Waals surface area contributed by atoms with Crippen LogP contribution in [-0.2, 0) is 9.53 Å². The maximum absolute atomic E-state index is 14.4. The van der Waals surface area contributed by atoms with Crippen LogP contribution in [0.1, 0.15) is 38.4 Å². The van der Waals surface area contributed by atoms with Gasteiger partial charge in [-0.1, -0.05) is 19.0 Å². The van der Waals surface area contributed by atoms with Gasteiger partial charge < -0.3 is 19.1 Å². The van der Waals surface area contributed by atoms with Crippen molar-refractivity contribution in [1.29, 1.82) is 0 Å². The molecule has 0 saturated carbocycles. The molecule has 2 aliphatic heterocycles. The highest BCUT2D eigenvalue weighted by Crippen LogP contribution is 2.32. The van der Waals surface area contributed by atoms with Gasteiger partial charge in [-0.25, -0.2) is 8.78 Å². The molecule has 30 heavy (non-hydrogen) atoms. The second-order valence-electron chi connectivity index (χ2n) is 8.10. The molecule has 162 valence electrons. The number of carbonyl (C=O) groups excluding carboxylic acids is 1. The second-order valence-corrected chi connectivity index (χ2v) is 8.10. The van der Waals surface area contributed by atoms with Crippen molar-refractivity contribution < 1.29 is 22.8 Å². The van der Waals surface area contributed by atoms with Crippen molar-refractivity contribution in [2.75, 3.05) is 44.3 Å². The van der Waals surface area contributed by atoms with Crippen molar-refractivity contribution >= 4 is 11.6 Å². The quantitative estimate of drug-likeness (QED) is 0.757. The molecule has 4 rings (SSSR count). The van der Waals surface area contributed by atoms with Crippen LogP contribution in [0.5, 0.6) is 0 Å². The third-order valence-corrected chi connectivity index (χ3v) is 5.72. The van der Waals surface area contributed by atoms with Gasteiger partial charge >= 0.3 is 0 Å². The lowest BCUT2D eigenvalue weighted by atomic mass is 9.95. The molecule has 0 radical (unpaired) electrons. The van der Waals surface area contributed by atoms with Crippen molar-refractivity contribution in [2.24, 2.45) is 5.92 Å². The fourth-order valence-electron chi connectivity index (χ4n) is 3.97. The predicted octanol–water partition coefficient (Wildman–Crippen LogP) is 3.21. The first kappa shape index (κ1) is 20.7. The molecule has 7 nitrogen and oxygen atoms in total. The lowest BCUT2D eigenvalue weighted by Gasteiger charge is -2.31. The average Bonchev–Trinajstić information content (AvgIpc) is 3.26. The molecule has 1 amide bonds. The minimum Gasteiger partial charge on any atom is -0.378 e. The highest BCUT2D eigenvalue weighted by atomic mass is 19.2. The van der Waals surface area contributed by atoms with Gasteiger partial charge in [0, 0.05) is 43.6 Å². The van der Waals surface area contributed by atoms with Crippen LogP contribution in [0.4, 0.5) is 14.5 Å². The maximum Gasteiger partial charge on any atom is 0.258 e. The molecule has 0 spiro atoms. The van der Waals surface area contributed by atoms with Gasteiger partial charge in [-0.15, -0.1) is 0 Å². The van der Waals surface area contributed by atoms with Crippen molar-refractivity contribution in [3.63, 3.8) is 0 Å². The number of ether oxygens (including phenoxy) is 1. The largest absolute Gasteiger partial charge is 0.378 e. The lowest BCUT2D eigenvalue weighted by Crippen LogP contribution is -2.40. The first-order valence-electron chi connectivity index (χ1n) is 10.4. The Labute approximate surface area is 174 Å². The number of carbonyl (C=O) groups is 1. The molecule has 0 atom stereocenters. The summed E-state index contributed by atoms with van der Waals surface area (Å²) in [4.78, 5) is 20.2. The first-order chi connectivity index (χ1) is 14.4. The van der Waals surface area contributed by atoms with E-state index in [4.69, 9.17) is 9.26 Å². The van der Waals surface area contributed by atoms with Crippen molar-refractivity contribution in [1.82, 2.24) is 15.0 Å². The Bertz CT molecular complexity index is 904. The Kier molecular flexibility index (Phi) is 5.99. The van der Waals surface area contributed by atoms with E-state index < -0.39 is 11.6 Å². The Balaban J connectivity index is 1.50. The van der Waals surface area contributed by atoms with E-state index in [1.54, 1.807) is 11.0 Å². The van der Waals surface area contributed by atoms with Gasteiger partial charge in [0.1, 0.15) is 0 Å². The average molecular weight is 420 g/mol. The Morgan fingerprint density at radius 3 is 2.50 bits per heavy atom. The van der Waals surface area contributed by atoms with E-state index in [1.165, 1.54) is 0 Å². The van der Waals surface area contributed by atoms with Crippen LogP contribution in [0.2, 0.25) is 0 Å². The summed E-state index contributed by atoms with van der Waals surface area (Å²) < 4.78 is 39.3. The number of amides is 1. The summed E-state index contributed by atoms with van der Waals surface area (Å²) >= 11 is 0. The van der Waals surface area contributed by atoms with E-state index in [9.17, 15) is 13.6 Å². The summed E-state index contributed by atoms with van der Waals surface area (Å²) in [6.07, 6.45) is 1.49. The minimum absolute atomic E-state index is 0.0210. The highest BCUT2D eigenvalue weighted by molar-refractivity contribution is 5.78. The molecule has 0 unspecified atom stereocenters. The van der Waals surface area contributed by atoms with E-state index in [-0.39, 0.29) is 29.3 Å². The molecule has 3 heterocycles. The number of likely N-dealkylation sites (tertiary alicyclic amines) is 1. The minimum atomic E-state index is -0.950. The zero-order chi connectivity index (χ0) is 21.3. The highest BCUT2D eigenvalue weighted by Gasteiger charge is 2.28. The smallest absolute Gasteiger partial charge is 0.258 e. The van der Waals surface area contributed by atoms with E-state index in [0.717, 1.165) is 18.9 Å². The molecular weight excluding hydrogens is 394 g/mol. The fraction of sp³-hybridized carbons (Fsp3) is 0.571. The molecule has 1 aromatic carbocycles. The summed E-state index contributed by atoms with van der Waals surface area (Å²) in [6.45, 7) is 7.00. The van der Waals surface area contributed by atoms with Crippen molar-refractivity contribution in [3.05, 3.63) is 29.6 Å². The van der Waals surface area contributed by atoms with Crippen LogP contribution in [0, 0.1) is 17.6 Å². The van der Waals surface area contributed by atoms with Gasteiger partial charge in [0.25, 0.3) is 5.89 Å². The molecule has 2 saturated heterocycles. The Morgan fingerprint density at radius 2 is 1.83 bits per heavy atom. The van der Waals surface area contributed by atoms with E-state index in [1.807, 2.05) is 18.7 Å². The SMILES string of the molecule is CC(C)C(=O)N1CCC(c2noc(-c3cc(F)c(F)c(N4CCOCC4)c3)n2)CC1. The van der Waals surface area contributed by atoms with Crippen LogP contribution in [0.15, 0.2) is 16.7 Å². The number of anilines is 1. The summed E-state index contributed by atoms with van der Waals surface area (Å²) in [5.74, 6) is -0.926. The van der Waals surface area contributed by atoms with Crippen molar-refractivity contribution in [2.45, 2.75) is 32.6 Å². The zero-order valence-electron chi connectivity index (χ0n) is 17.2. The lowest BCUT2D eigenvalue weighted by molar-refractivity contribution is -0.135. The number of aromatic nitrogens is 2. The topological polar surface area (TPSA) is 71.7 Å². The first-order valence-corrected chi connectivity index (χ1v) is 10.4. The molecular formula is C21H26F2N4O3. The summed E-state index contributed by atoms with van der Waals surface area (Å²) in [5.41, 5.74) is 0.523. The number of hydrogen-bond acceptors (Lipinski definition) is 6. The van der Waals surface area contributed by atoms with Gasteiger partial charge in [0.05, 0.1) is 18.9 Å². The molecule has 2 aromatic rings. The molecule has 0 aliphatic carbocycles. The summed E-state index contributed by atoms with van der Waals surface area (Å²) in [5, 5.41) is 4.08. The Morgan fingerprint density at radius 1 is 1.13 bits per heavy atom. The van der Waals surface area contributed by atoms with Crippen LogP contribution in [0.25, 0.3) is 11.5 Å². The normalized spacial score (nSPS) is 18.3. The number of benzene rings is 1. The third kappa shape index (κ3) is 4.16. The van der Waals surface area contributed by atoms with Crippen LogP contribution < -0.4 is 4.90 Å². The van der Waals surface area contributed by atoms with Gasteiger partial charge in [-0.3, -0.25) is 4.79 Å². The maximum atomic E-state index is 14.4. The van der Waals surface area contributed by atoms with E-state index in [0.29, 0.717) is 50.8 Å². The third-order valence-electron chi connectivity index (χ3n) is 5.72. The van der Waals surface area contributed by atoms with Gasteiger partial charge in [0.15, 0.2) is 17.5 Å². The standard InChI is InChI=1S/C21H26F2N4O3/c1-13(2)21(28)27-5-3-14(4-6-27)19-24-20(30-25-19)15-11-16(22)18(23)17(12-15)26-7-9-29-10-8-26/h11-14H,3-10H2,1-2H3. The van der Waals surface area contributed by atoms with Gasteiger partial charge in [-0.2, -0.15) is 4.98 Å². The van der Waals surface area contributed by atoms with E-state index >= 15 is 0 Å². The predicted molar refractivity (Wildman–Crippen MR) is 106 cm³/mol. The number of nitrogens with zero attached hydrogens (tertiary/aromatic N) is 4. The number of piperidine rings is 1. The molecule has 9 heteroatoms. The Hall–Kier alpha value is -2.55. The second kappa shape index (κ2) is 8.67. The molecule has 0 bridgehead atoms.